The number of sulfonamides is 1. The number of aryl methyl sites for hydroxylation is 1. The Bertz CT molecular complexity index is 1000. The summed E-state index contributed by atoms with van der Waals surface area (Å²) in [5, 5.41) is 0. The van der Waals surface area contributed by atoms with Crippen LogP contribution >= 0.6 is 0 Å². The number of carbonyl (C=O) groups excluding carboxylic acids is 1. The van der Waals surface area contributed by atoms with Gasteiger partial charge in [-0.3, -0.25) is 9.10 Å². The second-order valence-corrected chi connectivity index (χ2v) is 9.35. The van der Waals surface area contributed by atoms with Gasteiger partial charge in [-0.05, 0) is 61.1 Å². The van der Waals surface area contributed by atoms with E-state index in [2.05, 4.69) is 19.1 Å². The van der Waals surface area contributed by atoms with Crippen LogP contribution in [-0.2, 0) is 16.4 Å². The Labute approximate surface area is 160 Å². The minimum atomic E-state index is -3.28. The van der Waals surface area contributed by atoms with Crippen LogP contribution in [0, 0.1) is 6.92 Å². The van der Waals surface area contributed by atoms with Crippen molar-refractivity contribution >= 4 is 21.6 Å². The quantitative estimate of drug-likeness (QED) is 0.816. The maximum atomic E-state index is 13.2. The highest BCUT2D eigenvalue weighted by molar-refractivity contribution is 7.92. The number of amides is 1. The first-order chi connectivity index (χ1) is 12.9. The van der Waals surface area contributed by atoms with Crippen LogP contribution in [0.15, 0.2) is 42.5 Å². The van der Waals surface area contributed by atoms with Crippen LogP contribution in [0.2, 0.25) is 0 Å². The first-order valence-corrected chi connectivity index (χ1v) is 11.2. The first-order valence-electron chi connectivity index (χ1n) is 9.33. The summed E-state index contributed by atoms with van der Waals surface area (Å²) in [6.45, 7) is 3.29. The van der Waals surface area contributed by atoms with E-state index in [9.17, 15) is 13.2 Å². The monoisotopic (exact) mass is 384 g/mol. The molecular weight excluding hydrogens is 360 g/mol. The second kappa shape index (κ2) is 6.68. The van der Waals surface area contributed by atoms with Gasteiger partial charge in [-0.25, -0.2) is 8.42 Å². The van der Waals surface area contributed by atoms with Crippen LogP contribution in [-0.4, -0.2) is 38.6 Å². The van der Waals surface area contributed by atoms with E-state index in [1.54, 1.807) is 12.1 Å². The number of rotatable bonds is 3. The Morgan fingerprint density at radius 1 is 1.11 bits per heavy atom. The number of likely N-dealkylation sites (tertiary alicyclic amines) is 1. The molecular formula is C21H24N2O3S. The molecule has 0 N–H and O–H groups in total. The molecule has 1 fully saturated rings. The molecule has 1 saturated heterocycles. The maximum Gasteiger partial charge on any atom is 0.254 e. The zero-order valence-corrected chi connectivity index (χ0v) is 16.5. The molecule has 2 aromatic carbocycles. The van der Waals surface area contributed by atoms with E-state index in [0.717, 1.165) is 24.9 Å². The molecule has 2 heterocycles. The van der Waals surface area contributed by atoms with E-state index in [1.165, 1.54) is 21.7 Å². The SMILES string of the molecule is Cc1ccccc1C1CCCN1C(=O)c1ccc2c(c1)CCN2S(C)(=O)=O. The van der Waals surface area contributed by atoms with Crippen molar-refractivity contribution < 1.29 is 13.2 Å². The molecule has 0 saturated carbocycles. The molecule has 0 aromatic heterocycles. The number of hydrogen-bond donors (Lipinski definition) is 0. The molecule has 0 spiro atoms. The van der Waals surface area contributed by atoms with Gasteiger partial charge in [0, 0.05) is 18.7 Å². The Hall–Kier alpha value is -2.34. The van der Waals surface area contributed by atoms with Crippen LogP contribution < -0.4 is 4.31 Å². The van der Waals surface area contributed by atoms with E-state index in [4.69, 9.17) is 0 Å². The topological polar surface area (TPSA) is 57.7 Å². The first kappa shape index (κ1) is 18.0. The minimum Gasteiger partial charge on any atom is -0.332 e. The Morgan fingerprint density at radius 3 is 2.63 bits per heavy atom. The van der Waals surface area contributed by atoms with Gasteiger partial charge in [0.15, 0.2) is 0 Å². The van der Waals surface area contributed by atoms with E-state index < -0.39 is 10.0 Å². The lowest BCUT2D eigenvalue weighted by Gasteiger charge is -2.26. The van der Waals surface area contributed by atoms with Crippen LogP contribution in [0.1, 0.15) is 45.9 Å². The lowest BCUT2D eigenvalue weighted by Crippen LogP contribution is -2.31. The van der Waals surface area contributed by atoms with E-state index in [1.807, 2.05) is 23.1 Å². The van der Waals surface area contributed by atoms with E-state index in [0.29, 0.717) is 24.2 Å². The molecule has 5 nitrogen and oxygen atoms in total. The van der Waals surface area contributed by atoms with Gasteiger partial charge in [0.05, 0.1) is 18.0 Å². The molecule has 2 aliphatic heterocycles. The molecule has 0 bridgehead atoms. The Morgan fingerprint density at radius 2 is 1.89 bits per heavy atom. The third kappa shape index (κ3) is 3.23. The van der Waals surface area contributed by atoms with Crippen LogP contribution in [0.3, 0.4) is 0 Å². The highest BCUT2D eigenvalue weighted by Crippen LogP contribution is 2.36. The van der Waals surface area contributed by atoms with Crippen LogP contribution in [0.4, 0.5) is 5.69 Å². The normalized spacial score (nSPS) is 19.4. The van der Waals surface area contributed by atoms with Crippen molar-refractivity contribution in [3.8, 4) is 0 Å². The number of hydrogen-bond acceptors (Lipinski definition) is 3. The van der Waals surface area contributed by atoms with Crippen molar-refractivity contribution in [1.29, 1.82) is 0 Å². The molecule has 0 aliphatic carbocycles. The molecule has 0 radical (unpaired) electrons. The third-order valence-corrected chi connectivity index (χ3v) is 6.82. The van der Waals surface area contributed by atoms with Crippen molar-refractivity contribution in [3.05, 3.63) is 64.7 Å². The summed E-state index contributed by atoms with van der Waals surface area (Å²) in [6.07, 6.45) is 3.84. The van der Waals surface area contributed by atoms with Gasteiger partial charge in [-0.15, -0.1) is 0 Å². The summed E-state index contributed by atoms with van der Waals surface area (Å²) in [7, 11) is -3.28. The molecule has 2 aromatic rings. The average molecular weight is 385 g/mol. The zero-order chi connectivity index (χ0) is 19.2. The second-order valence-electron chi connectivity index (χ2n) is 7.44. The summed E-state index contributed by atoms with van der Waals surface area (Å²) in [6, 6.07) is 13.8. The minimum absolute atomic E-state index is 0.0290. The van der Waals surface area contributed by atoms with Crippen molar-refractivity contribution in [2.75, 3.05) is 23.7 Å². The summed E-state index contributed by atoms with van der Waals surface area (Å²) < 4.78 is 25.2. The lowest BCUT2D eigenvalue weighted by molar-refractivity contribution is 0.0735. The fraction of sp³-hybridized carbons (Fsp3) is 0.381. The van der Waals surface area contributed by atoms with Gasteiger partial charge in [0.2, 0.25) is 10.0 Å². The summed E-state index contributed by atoms with van der Waals surface area (Å²) >= 11 is 0. The van der Waals surface area contributed by atoms with E-state index in [-0.39, 0.29) is 11.9 Å². The van der Waals surface area contributed by atoms with Crippen molar-refractivity contribution in [2.45, 2.75) is 32.2 Å². The van der Waals surface area contributed by atoms with Gasteiger partial charge in [0.1, 0.15) is 0 Å². The molecule has 27 heavy (non-hydrogen) atoms. The maximum absolute atomic E-state index is 13.2. The number of benzene rings is 2. The number of anilines is 1. The Balaban J connectivity index is 1.63. The van der Waals surface area contributed by atoms with Gasteiger partial charge in [-0.2, -0.15) is 0 Å². The van der Waals surface area contributed by atoms with Crippen molar-refractivity contribution in [2.24, 2.45) is 0 Å². The molecule has 1 amide bonds. The van der Waals surface area contributed by atoms with Crippen LogP contribution in [0.5, 0.6) is 0 Å². The predicted octanol–water partition coefficient (Wildman–Crippen LogP) is 3.29. The Kier molecular flexibility index (Phi) is 4.46. The predicted molar refractivity (Wildman–Crippen MR) is 107 cm³/mol. The molecule has 1 unspecified atom stereocenters. The lowest BCUT2D eigenvalue weighted by atomic mass is 9.99. The summed E-state index contributed by atoms with van der Waals surface area (Å²) in [5.41, 5.74) is 4.70. The summed E-state index contributed by atoms with van der Waals surface area (Å²) in [5.74, 6) is 0.0290. The zero-order valence-electron chi connectivity index (χ0n) is 15.7. The van der Waals surface area contributed by atoms with Gasteiger partial charge in [0.25, 0.3) is 5.91 Å². The standard InChI is InChI=1S/C21H24N2O3S/c1-15-6-3-4-7-18(15)20-8-5-12-22(20)21(24)17-9-10-19-16(14-17)11-13-23(19)27(2,25)26/h3-4,6-7,9-10,14,20H,5,8,11-13H2,1-2H3. The van der Waals surface area contributed by atoms with Gasteiger partial charge < -0.3 is 4.90 Å². The van der Waals surface area contributed by atoms with Crippen molar-refractivity contribution in [3.63, 3.8) is 0 Å². The smallest absolute Gasteiger partial charge is 0.254 e. The molecule has 2 aliphatic rings. The average Bonchev–Trinajstić information content (AvgIpc) is 3.27. The number of fused-ring (bicyclic) bond motifs is 1. The molecule has 4 rings (SSSR count). The van der Waals surface area contributed by atoms with Gasteiger partial charge >= 0.3 is 0 Å². The molecule has 1 atom stereocenters. The molecule has 6 heteroatoms. The number of nitrogens with zero attached hydrogens (tertiary/aromatic N) is 2. The highest BCUT2D eigenvalue weighted by Gasteiger charge is 2.32. The van der Waals surface area contributed by atoms with Crippen molar-refractivity contribution in [1.82, 2.24) is 4.90 Å². The van der Waals surface area contributed by atoms with Gasteiger partial charge in [-0.1, -0.05) is 24.3 Å². The largest absolute Gasteiger partial charge is 0.332 e. The van der Waals surface area contributed by atoms with Crippen LogP contribution in [0.25, 0.3) is 0 Å². The fourth-order valence-corrected chi connectivity index (χ4v) is 5.27. The summed E-state index contributed by atoms with van der Waals surface area (Å²) in [4.78, 5) is 15.2. The third-order valence-electron chi connectivity index (χ3n) is 5.64. The highest BCUT2D eigenvalue weighted by atomic mass is 32.2. The van der Waals surface area contributed by atoms with E-state index >= 15 is 0 Å². The number of carbonyl (C=O) groups is 1. The molecule has 142 valence electrons. The fourth-order valence-electron chi connectivity index (χ4n) is 4.31.